The topological polar surface area (TPSA) is 93.2 Å². The van der Waals surface area contributed by atoms with Crippen LogP contribution in [0.1, 0.15) is 38.5 Å². The Morgan fingerprint density at radius 2 is 1.65 bits per heavy atom. The maximum Gasteiger partial charge on any atom is 0.240 e. The van der Waals surface area contributed by atoms with Gasteiger partial charge in [-0.05, 0) is 68.7 Å². The number of rotatable bonds is 10. The summed E-state index contributed by atoms with van der Waals surface area (Å²) in [5.74, 6) is 3.47. The minimum Gasteiger partial charge on any atom is -0.493 e. The summed E-state index contributed by atoms with van der Waals surface area (Å²) in [4.78, 5) is 9.72. The summed E-state index contributed by atoms with van der Waals surface area (Å²) in [7, 11) is -0.601. The van der Waals surface area contributed by atoms with E-state index in [1.165, 1.54) is 33.1 Å². The Labute approximate surface area is 220 Å². The van der Waals surface area contributed by atoms with Crippen molar-refractivity contribution in [1.29, 1.82) is 0 Å². The van der Waals surface area contributed by atoms with E-state index in [9.17, 15) is 8.42 Å². The number of nitrogens with one attached hydrogen (secondary N) is 1. The fourth-order valence-electron chi connectivity index (χ4n) is 5.35. The summed E-state index contributed by atoms with van der Waals surface area (Å²) in [6.07, 6.45) is 8.02. The molecule has 1 saturated heterocycles. The van der Waals surface area contributed by atoms with Crippen LogP contribution in [-0.4, -0.2) is 77.4 Å². The van der Waals surface area contributed by atoms with Crippen LogP contribution in [0.4, 0.5) is 5.82 Å². The molecule has 3 aliphatic rings. The van der Waals surface area contributed by atoms with Gasteiger partial charge in [-0.3, -0.25) is 4.90 Å². The quantitative estimate of drug-likeness (QED) is 0.500. The van der Waals surface area contributed by atoms with Crippen molar-refractivity contribution >= 4 is 15.8 Å². The average Bonchev–Trinajstić information content (AvgIpc) is 3.77. The predicted molar refractivity (Wildman–Crippen MR) is 142 cm³/mol. The molecule has 202 valence electrons. The molecule has 1 N–H and O–H groups in total. The number of ether oxygens (including phenoxy) is 3. The largest absolute Gasteiger partial charge is 0.493 e. The van der Waals surface area contributed by atoms with Crippen LogP contribution < -0.4 is 23.8 Å². The third-order valence-electron chi connectivity index (χ3n) is 7.74. The van der Waals surface area contributed by atoms with Crippen LogP contribution in [0.15, 0.2) is 41.4 Å². The van der Waals surface area contributed by atoms with Gasteiger partial charge in [-0.25, -0.2) is 18.1 Å². The highest BCUT2D eigenvalue weighted by atomic mass is 32.2. The Morgan fingerprint density at radius 1 is 0.919 bits per heavy atom. The van der Waals surface area contributed by atoms with Gasteiger partial charge < -0.3 is 19.1 Å². The fourth-order valence-corrected chi connectivity index (χ4v) is 6.67. The van der Waals surface area contributed by atoms with Crippen molar-refractivity contribution < 1.29 is 22.6 Å². The molecular formula is C27H38N4O5S. The van der Waals surface area contributed by atoms with E-state index < -0.39 is 10.0 Å². The van der Waals surface area contributed by atoms with Gasteiger partial charge in [-0.1, -0.05) is 0 Å². The second kappa shape index (κ2) is 11.4. The molecular weight excluding hydrogens is 492 g/mol. The first-order chi connectivity index (χ1) is 18.0. The van der Waals surface area contributed by atoms with E-state index in [1.807, 2.05) is 18.3 Å². The number of nitrogens with zero attached hydrogens (tertiary/aromatic N) is 3. The van der Waals surface area contributed by atoms with Crippen LogP contribution in [0.25, 0.3) is 0 Å². The Morgan fingerprint density at radius 3 is 2.32 bits per heavy atom. The van der Waals surface area contributed by atoms with E-state index in [-0.39, 0.29) is 10.9 Å². The molecule has 0 atom stereocenters. The molecule has 1 aromatic heterocycles. The molecule has 0 amide bonds. The van der Waals surface area contributed by atoms with E-state index in [0.29, 0.717) is 23.5 Å². The van der Waals surface area contributed by atoms with Crippen LogP contribution in [0.5, 0.6) is 17.2 Å². The number of hydrogen-bond donors (Lipinski definition) is 1. The van der Waals surface area contributed by atoms with E-state index in [0.717, 1.165) is 70.0 Å². The van der Waals surface area contributed by atoms with E-state index in [4.69, 9.17) is 14.2 Å². The molecule has 0 spiro atoms. The lowest BCUT2D eigenvalue weighted by Gasteiger charge is -2.42. The molecule has 0 unspecified atom stereocenters. The minimum atomic E-state index is -3.63. The van der Waals surface area contributed by atoms with Crippen LogP contribution in [-0.2, 0) is 10.0 Å². The standard InChI is InChI=1S/C27H38N4O5S/c1-34-24-12-11-23(18-26(24)35-2)37(32,33)29-21-7-9-22(10-8-21)30-14-16-31(17-15-30)27-25(4-3-13-28-27)36-19-20-5-6-20/h3-4,11-13,18,20-22,29H,5-10,14-17,19H2,1-2H3/t21-,22+. The van der Waals surface area contributed by atoms with Gasteiger partial charge in [0.2, 0.25) is 10.0 Å². The number of pyridine rings is 1. The third-order valence-corrected chi connectivity index (χ3v) is 9.25. The highest BCUT2D eigenvalue weighted by molar-refractivity contribution is 7.89. The number of aromatic nitrogens is 1. The smallest absolute Gasteiger partial charge is 0.240 e. The number of methoxy groups -OCH3 is 2. The molecule has 0 bridgehead atoms. The highest BCUT2D eigenvalue weighted by Crippen LogP contribution is 2.33. The number of anilines is 1. The van der Waals surface area contributed by atoms with Crippen molar-refractivity contribution in [2.75, 3.05) is 51.9 Å². The van der Waals surface area contributed by atoms with Crippen molar-refractivity contribution in [2.24, 2.45) is 5.92 Å². The second-order valence-electron chi connectivity index (χ2n) is 10.2. The van der Waals surface area contributed by atoms with Gasteiger partial charge in [0.05, 0.1) is 25.7 Å². The van der Waals surface area contributed by atoms with Crippen molar-refractivity contribution in [3.8, 4) is 17.2 Å². The second-order valence-corrected chi connectivity index (χ2v) is 12.0. The average molecular weight is 531 g/mol. The molecule has 9 nitrogen and oxygen atoms in total. The lowest BCUT2D eigenvalue weighted by atomic mass is 9.90. The first-order valence-electron chi connectivity index (χ1n) is 13.3. The molecule has 2 saturated carbocycles. The maximum atomic E-state index is 13.0. The molecule has 1 aromatic carbocycles. The maximum absolute atomic E-state index is 13.0. The van der Waals surface area contributed by atoms with Gasteiger partial charge in [0.1, 0.15) is 0 Å². The van der Waals surface area contributed by atoms with Crippen LogP contribution in [0.2, 0.25) is 0 Å². The zero-order valence-corrected chi connectivity index (χ0v) is 22.6. The number of benzene rings is 1. The van der Waals surface area contributed by atoms with Crippen molar-refractivity contribution in [1.82, 2.24) is 14.6 Å². The summed E-state index contributed by atoms with van der Waals surface area (Å²) < 4.78 is 45.5. The molecule has 10 heteroatoms. The summed E-state index contributed by atoms with van der Waals surface area (Å²) in [6.45, 7) is 4.58. The summed E-state index contributed by atoms with van der Waals surface area (Å²) in [5, 5.41) is 0. The zero-order chi connectivity index (χ0) is 25.8. The van der Waals surface area contributed by atoms with E-state index in [2.05, 4.69) is 19.5 Å². The highest BCUT2D eigenvalue weighted by Gasteiger charge is 2.31. The first kappa shape index (κ1) is 26.1. The Kier molecular flexibility index (Phi) is 8.07. The van der Waals surface area contributed by atoms with Crippen LogP contribution in [0.3, 0.4) is 0 Å². The van der Waals surface area contributed by atoms with E-state index >= 15 is 0 Å². The fraction of sp³-hybridized carbons (Fsp3) is 0.593. The number of sulfonamides is 1. The monoisotopic (exact) mass is 530 g/mol. The van der Waals surface area contributed by atoms with Gasteiger partial charge in [0.25, 0.3) is 0 Å². The van der Waals surface area contributed by atoms with Gasteiger partial charge >= 0.3 is 0 Å². The summed E-state index contributed by atoms with van der Waals surface area (Å²) in [6, 6.07) is 9.08. The number of hydrogen-bond acceptors (Lipinski definition) is 8. The van der Waals surface area contributed by atoms with Crippen LogP contribution in [0, 0.1) is 5.92 Å². The van der Waals surface area contributed by atoms with Crippen molar-refractivity contribution in [2.45, 2.75) is 55.5 Å². The van der Waals surface area contributed by atoms with Crippen molar-refractivity contribution in [3.63, 3.8) is 0 Å². The molecule has 3 fully saturated rings. The predicted octanol–water partition coefficient (Wildman–Crippen LogP) is 3.30. The zero-order valence-electron chi connectivity index (χ0n) is 21.8. The molecule has 0 radical (unpaired) electrons. The van der Waals surface area contributed by atoms with Crippen molar-refractivity contribution in [3.05, 3.63) is 36.5 Å². The van der Waals surface area contributed by atoms with Gasteiger partial charge in [0.15, 0.2) is 23.1 Å². The van der Waals surface area contributed by atoms with Crippen LogP contribution >= 0.6 is 0 Å². The number of piperazine rings is 1. The lowest BCUT2D eigenvalue weighted by molar-refractivity contribution is 0.139. The molecule has 2 aliphatic carbocycles. The Balaban J connectivity index is 1.11. The van der Waals surface area contributed by atoms with Gasteiger partial charge in [-0.15, -0.1) is 0 Å². The summed E-state index contributed by atoms with van der Waals surface area (Å²) >= 11 is 0. The summed E-state index contributed by atoms with van der Waals surface area (Å²) in [5.41, 5.74) is 0. The molecule has 1 aliphatic heterocycles. The van der Waals surface area contributed by atoms with Gasteiger partial charge in [-0.2, -0.15) is 0 Å². The molecule has 2 aromatic rings. The Bertz CT molecular complexity index is 1160. The molecule has 2 heterocycles. The van der Waals surface area contributed by atoms with E-state index in [1.54, 1.807) is 12.1 Å². The SMILES string of the molecule is COc1ccc(S(=O)(=O)N[C@H]2CC[C@@H](N3CCN(c4ncccc4OCC4CC4)CC3)CC2)cc1OC. The molecule has 37 heavy (non-hydrogen) atoms. The Hall–Kier alpha value is -2.56. The third kappa shape index (κ3) is 6.30. The normalized spacial score (nSPS) is 23.0. The molecule has 5 rings (SSSR count). The first-order valence-corrected chi connectivity index (χ1v) is 14.8. The van der Waals surface area contributed by atoms with Gasteiger partial charge in [0, 0.05) is 50.5 Å². The minimum absolute atomic E-state index is 0.0599. The lowest BCUT2D eigenvalue weighted by Crippen LogP contribution is -2.52.